The Kier molecular flexibility index (Phi) is 2.70. The van der Waals surface area contributed by atoms with Crippen molar-refractivity contribution in [3.8, 4) is 11.5 Å². The van der Waals surface area contributed by atoms with E-state index in [1.165, 1.54) is 12.8 Å². The summed E-state index contributed by atoms with van der Waals surface area (Å²) >= 11 is 0. The molecule has 0 atom stereocenters. The number of nitrogens with two attached hydrogens (primary N) is 1. The number of aromatic nitrogens is 5. The quantitative estimate of drug-likeness (QED) is 0.865. The van der Waals surface area contributed by atoms with Gasteiger partial charge in [0.25, 0.3) is 0 Å². The van der Waals surface area contributed by atoms with Crippen molar-refractivity contribution >= 4 is 5.95 Å². The Labute approximate surface area is 105 Å². The highest BCUT2D eigenvalue weighted by atomic mass is 15.3. The minimum atomic E-state index is 0.285. The third-order valence-corrected chi connectivity index (χ3v) is 3.33. The molecule has 0 aliphatic heterocycles. The maximum absolute atomic E-state index is 5.77. The van der Waals surface area contributed by atoms with Crippen LogP contribution in [0.4, 0.5) is 5.95 Å². The van der Waals surface area contributed by atoms with Crippen LogP contribution in [0.3, 0.4) is 0 Å². The van der Waals surface area contributed by atoms with E-state index >= 15 is 0 Å². The van der Waals surface area contributed by atoms with Gasteiger partial charge in [0.2, 0.25) is 5.95 Å². The van der Waals surface area contributed by atoms with Gasteiger partial charge in [-0.15, -0.1) is 0 Å². The van der Waals surface area contributed by atoms with Gasteiger partial charge in [0.15, 0.2) is 5.82 Å². The molecular formula is C12H16N6. The lowest BCUT2D eigenvalue weighted by Gasteiger charge is -2.08. The van der Waals surface area contributed by atoms with Crippen LogP contribution < -0.4 is 5.73 Å². The lowest BCUT2D eigenvalue weighted by atomic mass is 10.1. The van der Waals surface area contributed by atoms with Crippen LogP contribution in [0.15, 0.2) is 12.3 Å². The summed E-state index contributed by atoms with van der Waals surface area (Å²) in [5.74, 6) is 2.11. The first-order valence-corrected chi connectivity index (χ1v) is 6.24. The van der Waals surface area contributed by atoms with Gasteiger partial charge in [0, 0.05) is 19.2 Å². The highest BCUT2D eigenvalue weighted by Gasteiger charge is 2.21. The van der Waals surface area contributed by atoms with E-state index in [1.54, 1.807) is 4.68 Å². The van der Waals surface area contributed by atoms with E-state index in [4.69, 9.17) is 5.73 Å². The van der Waals surface area contributed by atoms with Crippen LogP contribution in [0.25, 0.3) is 11.5 Å². The molecule has 0 bridgehead atoms. The van der Waals surface area contributed by atoms with Gasteiger partial charge in [-0.25, -0.2) is 4.98 Å². The normalized spacial score (nSPS) is 16.3. The van der Waals surface area contributed by atoms with E-state index in [0.717, 1.165) is 24.4 Å². The predicted octanol–water partition coefficient (Wildman–Crippen LogP) is 1.51. The number of rotatable bonds is 2. The van der Waals surface area contributed by atoms with Crippen molar-refractivity contribution in [1.29, 1.82) is 0 Å². The molecule has 2 N–H and O–H groups in total. The Balaban J connectivity index is 1.99. The van der Waals surface area contributed by atoms with Crippen LogP contribution in [0.2, 0.25) is 0 Å². The van der Waals surface area contributed by atoms with Crippen molar-refractivity contribution in [2.45, 2.75) is 31.6 Å². The van der Waals surface area contributed by atoms with Gasteiger partial charge < -0.3 is 5.73 Å². The van der Waals surface area contributed by atoms with Gasteiger partial charge in [-0.1, -0.05) is 12.8 Å². The molecule has 6 heteroatoms. The van der Waals surface area contributed by atoms with E-state index in [2.05, 4.69) is 20.1 Å². The molecule has 2 heterocycles. The Hall–Kier alpha value is -1.98. The number of anilines is 1. The Morgan fingerprint density at radius 2 is 2.00 bits per heavy atom. The van der Waals surface area contributed by atoms with Crippen molar-refractivity contribution in [2.75, 3.05) is 5.73 Å². The topological polar surface area (TPSA) is 82.5 Å². The first-order valence-electron chi connectivity index (χ1n) is 6.24. The third-order valence-electron chi connectivity index (χ3n) is 3.33. The molecule has 1 saturated carbocycles. The number of hydrogen-bond donors (Lipinski definition) is 1. The Morgan fingerprint density at radius 3 is 2.67 bits per heavy atom. The van der Waals surface area contributed by atoms with Crippen LogP contribution in [-0.4, -0.2) is 24.7 Å². The molecule has 18 heavy (non-hydrogen) atoms. The molecule has 6 nitrogen and oxygen atoms in total. The Bertz CT molecular complexity index is 555. The number of nitrogen functional groups attached to an aromatic ring is 1. The summed E-state index contributed by atoms with van der Waals surface area (Å²) in [6, 6.07) is 1.88. The smallest absolute Gasteiger partial charge is 0.223 e. The average Bonchev–Trinajstić information content (AvgIpc) is 2.98. The fourth-order valence-corrected chi connectivity index (χ4v) is 2.42. The molecule has 0 unspecified atom stereocenters. The van der Waals surface area contributed by atoms with Crippen LogP contribution in [0, 0.1) is 0 Å². The summed E-state index contributed by atoms with van der Waals surface area (Å²) in [6.45, 7) is 0. The molecule has 0 spiro atoms. The van der Waals surface area contributed by atoms with Crippen molar-refractivity contribution < 1.29 is 0 Å². The summed E-state index contributed by atoms with van der Waals surface area (Å²) in [4.78, 5) is 13.0. The average molecular weight is 244 g/mol. The van der Waals surface area contributed by atoms with Crippen molar-refractivity contribution in [3.63, 3.8) is 0 Å². The molecular weight excluding hydrogens is 228 g/mol. The minimum absolute atomic E-state index is 0.285. The van der Waals surface area contributed by atoms with Gasteiger partial charge in [-0.05, 0) is 18.9 Å². The van der Waals surface area contributed by atoms with Gasteiger partial charge >= 0.3 is 0 Å². The van der Waals surface area contributed by atoms with E-state index < -0.39 is 0 Å². The SMILES string of the molecule is Cn1ccc(-c2nc(N)nc(C3CCCC3)n2)n1. The third kappa shape index (κ3) is 2.05. The highest BCUT2D eigenvalue weighted by Crippen LogP contribution is 2.32. The fourth-order valence-electron chi connectivity index (χ4n) is 2.42. The van der Waals surface area contributed by atoms with E-state index in [9.17, 15) is 0 Å². The predicted molar refractivity (Wildman–Crippen MR) is 67.7 cm³/mol. The minimum Gasteiger partial charge on any atom is -0.368 e. The second kappa shape index (κ2) is 4.36. The molecule has 1 fully saturated rings. The molecule has 0 amide bonds. The molecule has 2 aromatic rings. The number of aryl methyl sites for hydroxylation is 1. The van der Waals surface area contributed by atoms with Gasteiger partial charge in [0.05, 0.1) is 0 Å². The van der Waals surface area contributed by atoms with E-state index in [1.807, 2.05) is 19.3 Å². The number of hydrogen-bond acceptors (Lipinski definition) is 5. The summed E-state index contributed by atoms with van der Waals surface area (Å²) in [5.41, 5.74) is 6.52. The van der Waals surface area contributed by atoms with Crippen LogP contribution in [0.5, 0.6) is 0 Å². The van der Waals surface area contributed by atoms with Gasteiger partial charge in [0.1, 0.15) is 11.5 Å². The number of nitrogens with zero attached hydrogens (tertiary/aromatic N) is 5. The summed E-state index contributed by atoms with van der Waals surface area (Å²) in [6.07, 6.45) is 6.64. The molecule has 2 aromatic heterocycles. The van der Waals surface area contributed by atoms with E-state index in [0.29, 0.717) is 11.7 Å². The largest absolute Gasteiger partial charge is 0.368 e. The van der Waals surface area contributed by atoms with Crippen LogP contribution in [0.1, 0.15) is 37.4 Å². The van der Waals surface area contributed by atoms with Crippen molar-refractivity contribution in [3.05, 3.63) is 18.1 Å². The molecule has 3 rings (SSSR count). The second-order valence-electron chi connectivity index (χ2n) is 4.73. The lowest BCUT2D eigenvalue weighted by Crippen LogP contribution is -2.08. The molecule has 1 aliphatic carbocycles. The monoisotopic (exact) mass is 244 g/mol. The maximum atomic E-state index is 5.77. The molecule has 0 radical (unpaired) electrons. The van der Waals surface area contributed by atoms with Gasteiger partial charge in [-0.3, -0.25) is 4.68 Å². The second-order valence-corrected chi connectivity index (χ2v) is 4.73. The van der Waals surface area contributed by atoms with Crippen LogP contribution >= 0.6 is 0 Å². The van der Waals surface area contributed by atoms with E-state index in [-0.39, 0.29) is 5.95 Å². The highest BCUT2D eigenvalue weighted by molar-refractivity contribution is 5.49. The zero-order valence-corrected chi connectivity index (χ0v) is 10.4. The first kappa shape index (κ1) is 11.1. The van der Waals surface area contributed by atoms with Gasteiger partial charge in [-0.2, -0.15) is 15.1 Å². The lowest BCUT2D eigenvalue weighted by molar-refractivity contribution is 0.664. The summed E-state index contributed by atoms with van der Waals surface area (Å²) < 4.78 is 1.73. The molecule has 94 valence electrons. The van der Waals surface area contributed by atoms with Crippen LogP contribution in [-0.2, 0) is 7.05 Å². The molecule has 0 saturated heterocycles. The zero-order chi connectivity index (χ0) is 12.5. The first-order chi connectivity index (χ1) is 8.72. The Morgan fingerprint density at radius 1 is 1.22 bits per heavy atom. The molecule has 0 aromatic carbocycles. The maximum Gasteiger partial charge on any atom is 0.223 e. The van der Waals surface area contributed by atoms with Crippen molar-refractivity contribution in [1.82, 2.24) is 24.7 Å². The fraction of sp³-hybridized carbons (Fsp3) is 0.500. The van der Waals surface area contributed by atoms with Crippen molar-refractivity contribution in [2.24, 2.45) is 7.05 Å². The standard InChI is InChI=1S/C12H16N6/c1-18-7-6-9(17-18)11-14-10(15-12(13)16-11)8-4-2-3-5-8/h6-8H,2-5H2,1H3,(H2,13,14,15,16). The molecule has 1 aliphatic rings. The zero-order valence-electron chi connectivity index (χ0n) is 10.4. The summed E-state index contributed by atoms with van der Waals surface area (Å²) in [5, 5.41) is 4.30. The summed E-state index contributed by atoms with van der Waals surface area (Å²) in [7, 11) is 1.87.